The summed E-state index contributed by atoms with van der Waals surface area (Å²) in [6.45, 7) is 12.7. The standard InChI is InChI=1S/C35H42N2O5S/c1-5-9-18-36(19-10-6-2)25-16-17-26(29(23-25)41-21-22-42-32(38)8-4)33-34(39)27(35(33)40)24-31-37(20-11-7-3)28-14-12-13-15-30(28)43-31/h8,12-17,23-24H,4-7,9-11,18-22H2,1-3H3/p+1. The first-order chi connectivity index (χ1) is 20.9. The Bertz CT molecular complexity index is 1510. The normalized spacial score (nSPS) is 13.8. The highest BCUT2D eigenvalue weighted by molar-refractivity contribution is 7.18. The van der Waals surface area contributed by atoms with Crippen LogP contribution in [0.1, 0.15) is 69.9 Å². The van der Waals surface area contributed by atoms with E-state index in [1.165, 1.54) is 0 Å². The van der Waals surface area contributed by atoms with Crippen molar-refractivity contribution in [2.45, 2.75) is 65.8 Å². The van der Waals surface area contributed by atoms with Crippen molar-refractivity contribution < 1.29 is 28.7 Å². The molecule has 0 amide bonds. The minimum Gasteiger partial charge on any atom is -0.506 e. The summed E-state index contributed by atoms with van der Waals surface area (Å²) < 4.78 is 14.5. The number of Topliss-reactive ketones (excluding diaryl/α,β-unsaturated/α-hetero) is 1. The van der Waals surface area contributed by atoms with Crippen molar-refractivity contribution in [1.82, 2.24) is 0 Å². The topological polar surface area (TPSA) is 80.0 Å². The summed E-state index contributed by atoms with van der Waals surface area (Å²) >= 11 is 1.61. The second-order valence-electron chi connectivity index (χ2n) is 10.6. The lowest BCUT2D eigenvalue weighted by molar-refractivity contribution is -0.669. The van der Waals surface area contributed by atoms with Gasteiger partial charge in [-0.25, -0.2) is 4.79 Å². The number of anilines is 1. The van der Waals surface area contributed by atoms with E-state index in [0.717, 1.165) is 85.1 Å². The maximum absolute atomic E-state index is 13.6. The molecule has 0 fully saturated rings. The number of nitrogens with zero attached hydrogens (tertiary/aromatic N) is 2. The highest BCUT2D eigenvalue weighted by Gasteiger charge is 2.38. The molecule has 228 valence electrons. The summed E-state index contributed by atoms with van der Waals surface area (Å²) in [5, 5.41) is 12.2. The third-order valence-corrected chi connectivity index (χ3v) is 8.63. The van der Waals surface area contributed by atoms with Crippen molar-refractivity contribution >= 4 is 50.6 Å². The van der Waals surface area contributed by atoms with Crippen LogP contribution in [0.4, 0.5) is 5.69 Å². The van der Waals surface area contributed by atoms with Gasteiger partial charge in [0.25, 0.3) is 5.01 Å². The van der Waals surface area contributed by atoms with Crippen molar-refractivity contribution in [2.24, 2.45) is 0 Å². The third kappa shape index (κ3) is 7.54. The smallest absolute Gasteiger partial charge is 0.330 e. The van der Waals surface area contributed by atoms with Crippen LogP contribution in [-0.4, -0.2) is 43.2 Å². The Morgan fingerprint density at radius 1 is 1.02 bits per heavy atom. The molecule has 2 aromatic carbocycles. The predicted molar refractivity (Wildman–Crippen MR) is 175 cm³/mol. The monoisotopic (exact) mass is 603 g/mol. The van der Waals surface area contributed by atoms with Gasteiger partial charge >= 0.3 is 5.97 Å². The molecule has 1 aliphatic carbocycles. The zero-order valence-corrected chi connectivity index (χ0v) is 26.4. The lowest BCUT2D eigenvalue weighted by atomic mass is 9.83. The first-order valence-electron chi connectivity index (χ1n) is 15.4. The van der Waals surface area contributed by atoms with Gasteiger partial charge in [0.05, 0.1) is 11.1 Å². The number of fused-ring (bicyclic) bond motifs is 1. The fourth-order valence-corrected chi connectivity index (χ4v) is 6.22. The van der Waals surface area contributed by atoms with Crippen LogP contribution in [0.25, 0.3) is 21.9 Å². The number of hydrogen-bond acceptors (Lipinski definition) is 7. The molecule has 4 rings (SSSR count). The molecule has 0 aliphatic heterocycles. The number of unbranched alkanes of at least 4 members (excludes halogenated alkanes) is 3. The van der Waals surface area contributed by atoms with Crippen molar-refractivity contribution in [3.63, 3.8) is 0 Å². The van der Waals surface area contributed by atoms with Crippen molar-refractivity contribution in [3.8, 4) is 5.75 Å². The van der Waals surface area contributed by atoms with E-state index in [4.69, 9.17) is 9.47 Å². The van der Waals surface area contributed by atoms with Crippen molar-refractivity contribution in [2.75, 3.05) is 31.2 Å². The summed E-state index contributed by atoms with van der Waals surface area (Å²) in [6.07, 6.45) is 9.29. The van der Waals surface area contributed by atoms with E-state index < -0.39 is 5.97 Å². The van der Waals surface area contributed by atoms with Crippen LogP contribution in [0.15, 0.2) is 66.5 Å². The van der Waals surface area contributed by atoms with Gasteiger partial charge < -0.3 is 19.5 Å². The largest absolute Gasteiger partial charge is 0.506 e. The summed E-state index contributed by atoms with van der Waals surface area (Å²) in [5.74, 6) is -0.306. The SMILES string of the molecule is C=CC(=O)OCCOc1cc(N(CCCC)CCCC)ccc1C1=C(O)C(=Cc2sc3ccccc3[n+]2CCCC)C1=O. The molecule has 3 aromatic rings. The van der Waals surface area contributed by atoms with E-state index in [-0.39, 0.29) is 30.3 Å². The molecule has 0 unspecified atom stereocenters. The Labute approximate surface area is 258 Å². The van der Waals surface area contributed by atoms with E-state index in [0.29, 0.717) is 16.9 Å². The van der Waals surface area contributed by atoms with Crippen LogP contribution in [0.2, 0.25) is 0 Å². The van der Waals surface area contributed by atoms with Crippen LogP contribution >= 0.6 is 11.3 Å². The van der Waals surface area contributed by atoms with Crippen LogP contribution in [-0.2, 0) is 20.9 Å². The first kappa shape index (κ1) is 32.0. The number of aliphatic hydroxyl groups excluding tert-OH is 1. The van der Waals surface area contributed by atoms with Crippen molar-refractivity contribution in [3.05, 3.63) is 77.0 Å². The molecule has 1 aromatic heterocycles. The van der Waals surface area contributed by atoms with E-state index in [9.17, 15) is 14.7 Å². The average Bonchev–Trinajstić information content (AvgIpc) is 3.38. The quantitative estimate of drug-likeness (QED) is 0.0748. The molecule has 0 saturated carbocycles. The number of hydrogen-bond donors (Lipinski definition) is 1. The maximum Gasteiger partial charge on any atom is 0.330 e. The van der Waals surface area contributed by atoms with Crippen LogP contribution in [0.5, 0.6) is 5.75 Å². The first-order valence-corrected chi connectivity index (χ1v) is 16.2. The van der Waals surface area contributed by atoms with E-state index >= 15 is 0 Å². The molecule has 1 aliphatic rings. The molecule has 0 spiro atoms. The number of benzene rings is 2. The summed E-state index contributed by atoms with van der Waals surface area (Å²) in [6, 6.07) is 14.0. The molecule has 0 radical (unpaired) electrons. The van der Waals surface area contributed by atoms with Crippen LogP contribution in [0, 0.1) is 0 Å². The van der Waals surface area contributed by atoms with Crippen LogP contribution in [0.3, 0.4) is 0 Å². The molecule has 0 atom stereocenters. The molecular weight excluding hydrogens is 560 g/mol. The number of carbonyl (C=O) groups excluding carboxylic acids is 2. The number of allylic oxidation sites excluding steroid dienone is 2. The molecule has 1 N–H and O–H groups in total. The van der Waals surface area contributed by atoms with Gasteiger partial charge in [-0.1, -0.05) is 70.1 Å². The van der Waals surface area contributed by atoms with Crippen molar-refractivity contribution in [1.29, 1.82) is 0 Å². The van der Waals surface area contributed by atoms with Gasteiger partial charge in [0.1, 0.15) is 29.4 Å². The summed E-state index contributed by atoms with van der Waals surface area (Å²) in [7, 11) is 0. The number of para-hydroxylation sites is 1. The Balaban J connectivity index is 1.69. The fourth-order valence-electron chi connectivity index (χ4n) is 5.09. The zero-order valence-electron chi connectivity index (χ0n) is 25.6. The molecule has 8 heteroatoms. The Kier molecular flexibility index (Phi) is 11.6. The second-order valence-corrected chi connectivity index (χ2v) is 11.7. The van der Waals surface area contributed by atoms with Crippen LogP contribution < -0.4 is 14.2 Å². The number of rotatable bonds is 17. The number of aromatic nitrogens is 1. The van der Waals surface area contributed by atoms with Gasteiger partial charge in [-0.2, -0.15) is 4.57 Å². The Morgan fingerprint density at radius 2 is 1.74 bits per heavy atom. The molecule has 7 nitrogen and oxygen atoms in total. The minimum absolute atomic E-state index is 0.0333. The van der Waals surface area contributed by atoms with Gasteiger partial charge in [0.2, 0.25) is 11.3 Å². The lowest BCUT2D eigenvalue weighted by Gasteiger charge is -2.27. The predicted octanol–water partition coefficient (Wildman–Crippen LogP) is 7.44. The molecular formula is C35H43N2O5S+. The number of esters is 1. The second kappa shape index (κ2) is 15.5. The molecule has 0 bridgehead atoms. The highest BCUT2D eigenvalue weighted by Crippen LogP contribution is 2.42. The van der Waals surface area contributed by atoms with Gasteiger partial charge in [0, 0.05) is 55.0 Å². The Morgan fingerprint density at radius 3 is 2.42 bits per heavy atom. The number of ketones is 1. The summed E-state index contributed by atoms with van der Waals surface area (Å²) in [4.78, 5) is 27.4. The van der Waals surface area contributed by atoms with E-state index in [1.807, 2.05) is 36.4 Å². The van der Waals surface area contributed by atoms with Gasteiger partial charge in [-0.15, -0.1) is 0 Å². The van der Waals surface area contributed by atoms with Gasteiger partial charge in [0.15, 0.2) is 6.54 Å². The number of ether oxygens (including phenoxy) is 2. The van der Waals surface area contributed by atoms with E-state index in [2.05, 4.69) is 48.9 Å². The van der Waals surface area contributed by atoms with Gasteiger partial charge in [-0.3, -0.25) is 4.79 Å². The minimum atomic E-state index is -0.524. The molecule has 0 saturated heterocycles. The van der Waals surface area contributed by atoms with Gasteiger partial charge in [-0.05, 0) is 31.0 Å². The highest BCUT2D eigenvalue weighted by atomic mass is 32.1. The number of carbonyl (C=O) groups is 2. The lowest BCUT2D eigenvalue weighted by Crippen LogP contribution is -2.35. The van der Waals surface area contributed by atoms with E-state index in [1.54, 1.807) is 11.3 Å². The molecule has 1 heterocycles. The number of thiazole rings is 1. The zero-order chi connectivity index (χ0) is 30.8. The fraction of sp³-hybridized carbons (Fsp3) is 0.400. The number of aliphatic hydroxyl groups is 1. The maximum atomic E-state index is 13.6. The average molecular weight is 604 g/mol. The summed E-state index contributed by atoms with van der Waals surface area (Å²) in [5.41, 5.74) is 3.19. The Hall–Kier alpha value is -3.91. The molecule has 43 heavy (non-hydrogen) atoms. The number of aryl methyl sites for hydroxylation is 1. The third-order valence-electron chi connectivity index (χ3n) is 7.52.